The Morgan fingerprint density at radius 2 is 1.60 bits per heavy atom. The maximum absolute atomic E-state index is 12.5. The molecule has 0 saturated heterocycles. The number of unbranched alkanes of at least 4 members (excludes halogenated alkanes) is 1. The molecule has 1 rings (SSSR count). The number of esters is 2. The highest BCUT2D eigenvalue weighted by molar-refractivity contribution is 7.74. The zero-order chi connectivity index (χ0) is 22.4. The average molecular weight is 442 g/mol. The lowest BCUT2D eigenvalue weighted by atomic mass is 10.1. The third-order valence-electron chi connectivity index (χ3n) is 3.70. The molecule has 166 valence electrons. The van der Waals surface area contributed by atoms with E-state index in [-0.39, 0.29) is 26.4 Å². The first-order valence-electron chi connectivity index (χ1n) is 9.46. The van der Waals surface area contributed by atoms with Gasteiger partial charge in [0.25, 0.3) is 0 Å². The molecule has 0 aromatic heterocycles. The second-order valence-corrected chi connectivity index (χ2v) is 7.73. The number of carbonyl (C=O) groups is 2. The maximum Gasteiger partial charge on any atom is 0.484 e. The SMILES string of the molecule is CCOP(=O)(OCC)C(=[N+]=[N-])C(=O)OCCCCOC(=O)C(OC)c1ccccc1. The van der Waals surface area contributed by atoms with Crippen molar-refractivity contribution in [2.45, 2.75) is 32.8 Å². The molecule has 0 amide bonds. The first-order chi connectivity index (χ1) is 14.4. The number of rotatable bonds is 14. The minimum atomic E-state index is -4.06. The number of benzene rings is 1. The van der Waals surface area contributed by atoms with E-state index in [9.17, 15) is 14.2 Å². The van der Waals surface area contributed by atoms with Crippen LogP contribution in [-0.2, 0) is 37.4 Å². The van der Waals surface area contributed by atoms with Crippen LogP contribution in [0.2, 0.25) is 0 Å². The molecule has 0 heterocycles. The second kappa shape index (κ2) is 13.8. The number of hydrogen-bond donors (Lipinski definition) is 0. The number of ether oxygens (including phenoxy) is 3. The highest BCUT2D eigenvalue weighted by Crippen LogP contribution is 2.49. The quantitative estimate of drug-likeness (QED) is 0.107. The molecular formula is C19H27N2O8P. The second-order valence-electron chi connectivity index (χ2n) is 5.79. The summed E-state index contributed by atoms with van der Waals surface area (Å²) in [5, 5.41) is 0. The first-order valence-corrected chi connectivity index (χ1v) is 11.0. The molecule has 0 spiro atoms. The van der Waals surface area contributed by atoms with Crippen LogP contribution in [0, 0.1) is 0 Å². The highest BCUT2D eigenvalue weighted by Gasteiger charge is 2.47. The Hall–Kier alpha value is -2.35. The van der Waals surface area contributed by atoms with Gasteiger partial charge in [-0.25, -0.2) is 14.2 Å². The Morgan fingerprint density at radius 1 is 1.03 bits per heavy atom. The van der Waals surface area contributed by atoms with Gasteiger partial charge in [-0.05, 0) is 32.3 Å². The molecule has 11 heteroatoms. The molecular weight excluding hydrogens is 415 g/mol. The van der Waals surface area contributed by atoms with Crippen molar-refractivity contribution in [3.05, 3.63) is 41.4 Å². The van der Waals surface area contributed by atoms with E-state index in [0.29, 0.717) is 18.4 Å². The first kappa shape index (κ1) is 25.7. The van der Waals surface area contributed by atoms with Gasteiger partial charge >= 0.3 is 25.0 Å². The number of nitrogens with zero attached hydrogens (tertiary/aromatic N) is 2. The Morgan fingerprint density at radius 3 is 2.10 bits per heavy atom. The fourth-order valence-electron chi connectivity index (χ4n) is 2.39. The number of hydrogen-bond acceptors (Lipinski definition) is 8. The molecule has 1 atom stereocenters. The lowest BCUT2D eigenvalue weighted by Crippen LogP contribution is -2.22. The van der Waals surface area contributed by atoms with Gasteiger partial charge in [-0.2, -0.15) is 0 Å². The Labute approximate surface area is 175 Å². The van der Waals surface area contributed by atoms with Gasteiger partial charge in [0, 0.05) is 7.11 Å². The van der Waals surface area contributed by atoms with Crippen molar-refractivity contribution in [3.8, 4) is 0 Å². The fraction of sp³-hybridized carbons (Fsp3) is 0.526. The third kappa shape index (κ3) is 7.82. The highest BCUT2D eigenvalue weighted by atomic mass is 31.2. The lowest BCUT2D eigenvalue weighted by Gasteiger charge is -2.14. The normalized spacial score (nSPS) is 12.0. The van der Waals surface area contributed by atoms with Crippen LogP contribution in [0.25, 0.3) is 5.53 Å². The van der Waals surface area contributed by atoms with Crippen LogP contribution in [0.1, 0.15) is 38.4 Å². The molecule has 1 unspecified atom stereocenters. The zero-order valence-corrected chi connectivity index (χ0v) is 18.2. The predicted octanol–water partition coefficient (Wildman–Crippen LogP) is 3.14. The molecule has 0 bridgehead atoms. The molecule has 30 heavy (non-hydrogen) atoms. The fourth-order valence-corrected chi connectivity index (χ4v) is 3.78. The average Bonchev–Trinajstić information content (AvgIpc) is 2.72. The summed E-state index contributed by atoms with van der Waals surface area (Å²) in [7, 11) is -2.64. The van der Waals surface area contributed by atoms with Crippen LogP contribution >= 0.6 is 7.60 Å². The van der Waals surface area contributed by atoms with Crippen molar-refractivity contribution in [2.24, 2.45) is 0 Å². The smallest absolute Gasteiger partial charge is 0.464 e. The minimum absolute atomic E-state index is 0.0135. The summed E-state index contributed by atoms with van der Waals surface area (Å²) in [5.41, 5.74) is 8.91. The van der Waals surface area contributed by atoms with E-state index in [2.05, 4.69) is 4.79 Å². The molecule has 0 radical (unpaired) electrons. The maximum atomic E-state index is 12.5. The molecule has 10 nitrogen and oxygen atoms in total. The summed E-state index contributed by atoms with van der Waals surface area (Å²) in [6.45, 7) is 3.11. The van der Waals surface area contributed by atoms with E-state index in [0.717, 1.165) is 0 Å². The summed E-state index contributed by atoms with van der Waals surface area (Å²) in [6, 6.07) is 8.94. The van der Waals surface area contributed by atoms with Crippen molar-refractivity contribution < 1.29 is 42.2 Å². The van der Waals surface area contributed by atoms with E-state index in [1.54, 1.807) is 38.1 Å². The van der Waals surface area contributed by atoms with Crippen molar-refractivity contribution in [1.82, 2.24) is 0 Å². The Kier molecular flexibility index (Phi) is 11.8. The van der Waals surface area contributed by atoms with Crippen molar-refractivity contribution >= 4 is 25.0 Å². The standard InChI is InChI=1S/C19H27N2O8P/c1-4-28-30(24,29-5-2)17(21-20)19(23)27-14-10-9-13-26-18(22)16(25-3)15-11-7-6-8-12-15/h6-8,11-12,16H,4-5,9-10,13-14H2,1-3H3. The van der Waals surface area contributed by atoms with Gasteiger partial charge in [-0.1, -0.05) is 30.3 Å². The molecule has 0 saturated carbocycles. The van der Waals surface area contributed by atoms with Gasteiger partial charge in [0.05, 0.1) is 26.4 Å². The summed E-state index contributed by atoms with van der Waals surface area (Å²) < 4.78 is 37.7. The Bertz CT molecular complexity index is 770. The van der Waals surface area contributed by atoms with E-state index in [4.69, 9.17) is 28.8 Å². The van der Waals surface area contributed by atoms with Crippen molar-refractivity contribution in [3.63, 3.8) is 0 Å². The topological polar surface area (TPSA) is 134 Å². The molecule has 1 aromatic rings. The van der Waals surface area contributed by atoms with Gasteiger partial charge < -0.3 is 28.8 Å². The number of methoxy groups -OCH3 is 1. The summed E-state index contributed by atoms with van der Waals surface area (Å²) >= 11 is 0. The van der Waals surface area contributed by atoms with Crippen LogP contribution in [0.4, 0.5) is 0 Å². The van der Waals surface area contributed by atoms with E-state index in [1.165, 1.54) is 7.11 Å². The van der Waals surface area contributed by atoms with E-state index < -0.39 is 31.1 Å². The van der Waals surface area contributed by atoms with Gasteiger partial charge in [0.15, 0.2) is 6.10 Å². The van der Waals surface area contributed by atoms with Crippen LogP contribution in [0.5, 0.6) is 0 Å². The molecule has 0 aliphatic carbocycles. The van der Waals surface area contributed by atoms with Gasteiger partial charge in [-0.15, -0.1) is 4.79 Å². The summed E-state index contributed by atoms with van der Waals surface area (Å²) in [6.07, 6.45) is -0.0581. The molecule has 0 N–H and O–H groups in total. The van der Waals surface area contributed by atoms with Crippen LogP contribution < -0.4 is 0 Å². The zero-order valence-electron chi connectivity index (χ0n) is 17.3. The van der Waals surface area contributed by atoms with Gasteiger partial charge in [-0.3, -0.25) is 0 Å². The largest absolute Gasteiger partial charge is 0.484 e. The molecule has 1 aromatic carbocycles. The summed E-state index contributed by atoms with van der Waals surface area (Å²) in [5.74, 6) is -1.63. The molecule has 0 aliphatic rings. The molecule has 0 fully saturated rings. The monoisotopic (exact) mass is 442 g/mol. The lowest BCUT2D eigenvalue weighted by molar-refractivity contribution is -0.156. The van der Waals surface area contributed by atoms with Crippen molar-refractivity contribution in [1.29, 1.82) is 0 Å². The Balaban J connectivity index is 2.42. The predicted molar refractivity (Wildman–Crippen MR) is 107 cm³/mol. The number of carbonyl (C=O) groups excluding carboxylic acids is 2. The minimum Gasteiger partial charge on any atom is -0.464 e. The van der Waals surface area contributed by atoms with Gasteiger partial charge in [0.1, 0.15) is 0 Å². The summed E-state index contributed by atoms with van der Waals surface area (Å²) in [4.78, 5) is 26.9. The van der Waals surface area contributed by atoms with Crippen molar-refractivity contribution in [2.75, 3.05) is 33.5 Å². The van der Waals surface area contributed by atoms with Crippen LogP contribution in [0.15, 0.2) is 30.3 Å². The molecule has 0 aliphatic heterocycles. The van der Waals surface area contributed by atoms with Crippen LogP contribution in [0.3, 0.4) is 0 Å². The third-order valence-corrected chi connectivity index (χ3v) is 5.69. The van der Waals surface area contributed by atoms with Gasteiger partial charge in [0.2, 0.25) is 0 Å². The van der Waals surface area contributed by atoms with Crippen LogP contribution in [-0.4, -0.2) is 55.7 Å². The van der Waals surface area contributed by atoms with E-state index in [1.807, 2.05) is 6.07 Å². The van der Waals surface area contributed by atoms with E-state index >= 15 is 0 Å².